The largest absolute Gasteiger partial charge is 0.333 e. The maximum Gasteiger partial charge on any atom is 0.224 e. The number of carbonyl (C=O) groups excluding carboxylic acids is 1. The van der Waals surface area contributed by atoms with Crippen LogP contribution in [0.3, 0.4) is 0 Å². The summed E-state index contributed by atoms with van der Waals surface area (Å²) in [6.45, 7) is 4.47. The Labute approximate surface area is 115 Å². The number of carbonyl (C=O) groups is 1. The molecule has 1 fully saturated rings. The molecule has 1 amide bonds. The number of hydrogen-bond donors (Lipinski definition) is 1. The van der Waals surface area contributed by atoms with Crippen LogP contribution < -0.4 is 5.73 Å². The van der Waals surface area contributed by atoms with Gasteiger partial charge in [0.15, 0.2) is 0 Å². The Morgan fingerprint density at radius 2 is 2.05 bits per heavy atom. The van der Waals surface area contributed by atoms with Gasteiger partial charge in [-0.3, -0.25) is 4.79 Å². The number of amides is 1. The fourth-order valence-corrected chi connectivity index (χ4v) is 2.57. The van der Waals surface area contributed by atoms with E-state index in [9.17, 15) is 4.79 Å². The second-order valence-corrected chi connectivity index (χ2v) is 5.46. The van der Waals surface area contributed by atoms with Crippen molar-refractivity contribution >= 4 is 5.91 Å². The van der Waals surface area contributed by atoms with Crippen molar-refractivity contribution in [3.8, 4) is 0 Å². The van der Waals surface area contributed by atoms with Crippen molar-refractivity contribution < 1.29 is 4.79 Å². The van der Waals surface area contributed by atoms with Crippen LogP contribution in [0.1, 0.15) is 24.9 Å². The van der Waals surface area contributed by atoms with Crippen molar-refractivity contribution in [2.75, 3.05) is 26.7 Å². The molecule has 2 atom stereocenters. The summed E-state index contributed by atoms with van der Waals surface area (Å²) in [5.74, 6) is 0.164. The summed E-state index contributed by atoms with van der Waals surface area (Å²) in [7, 11) is 2.10. The molecule has 19 heavy (non-hydrogen) atoms. The van der Waals surface area contributed by atoms with Gasteiger partial charge in [0.2, 0.25) is 5.91 Å². The van der Waals surface area contributed by atoms with Gasteiger partial charge in [0.25, 0.3) is 0 Å². The lowest BCUT2D eigenvalue weighted by Gasteiger charge is -2.40. The second kappa shape index (κ2) is 6.17. The predicted octanol–water partition coefficient (Wildman–Crippen LogP) is 1.24. The Bertz CT molecular complexity index is 419. The van der Waals surface area contributed by atoms with Gasteiger partial charge in [-0.05, 0) is 19.5 Å². The van der Waals surface area contributed by atoms with Gasteiger partial charge in [-0.25, -0.2) is 0 Å². The number of piperazine rings is 1. The molecule has 2 rings (SSSR count). The Morgan fingerprint density at radius 1 is 1.37 bits per heavy atom. The third-order valence-corrected chi connectivity index (χ3v) is 3.58. The zero-order valence-corrected chi connectivity index (χ0v) is 11.7. The first-order valence-electron chi connectivity index (χ1n) is 6.86. The summed E-state index contributed by atoms with van der Waals surface area (Å²) in [5, 5.41) is 0. The lowest BCUT2D eigenvalue weighted by Crippen LogP contribution is -2.50. The lowest BCUT2D eigenvalue weighted by molar-refractivity contribution is -0.136. The van der Waals surface area contributed by atoms with Crippen molar-refractivity contribution in [3.63, 3.8) is 0 Å². The standard InChI is InChI=1S/C15H23N3O/c1-12(16)10-15(19)18-9-8-17(2)11-14(18)13-6-4-3-5-7-13/h3-7,12,14H,8-11,16H2,1-2H3. The molecule has 1 saturated heterocycles. The highest BCUT2D eigenvalue weighted by molar-refractivity contribution is 5.77. The van der Waals surface area contributed by atoms with Crippen LogP contribution in [-0.2, 0) is 4.79 Å². The lowest BCUT2D eigenvalue weighted by atomic mass is 10.0. The molecule has 1 heterocycles. The summed E-state index contributed by atoms with van der Waals surface area (Å²) in [6.07, 6.45) is 0.424. The van der Waals surface area contributed by atoms with E-state index in [2.05, 4.69) is 24.1 Å². The molecule has 1 aromatic carbocycles. The first-order valence-corrected chi connectivity index (χ1v) is 6.86. The quantitative estimate of drug-likeness (QED) is 0.890. The van der Waals surface area contributed by atoms with E-state index < -0.39 is 0 Å². The van der Waals surface area contributed by atoms with E-state index in [1.54, 1.807) is 0 Å². The van der Waals surface area contributed by atoms with Gasteiger partial charge in [0, 0.05) is 32.1 Å². The highest BCUT2D eigenvalue weighted by atomic mass is 16.2. The normalized spacial score (nSPS) is 22.3. The minimum Gasteiger partial charge on any atom is -0.333 e. The smallest absolute Gasteiger partial charge is 0.224 e. The Balaban J connectivity index is 2.17. The van der Waals surface area contributed by atoms with Gasteiger partial charge in [-0.1, -0.05) is 30.3 Å². The van der Waals surface area contributed by atoms with E-state index in [1.165, 1.54) is 5.56 Å². The fraction of sp³-hybridized carbons (Fsp3) is 0.533. The van der Waals surface area contributed by atoms with Gasteiger partial charge in [-0.15, -0.1) is 0 Å². The van der Waals surface area contributed by atoms with E-state index in [0.29, 0.717) is 6.42 Å². The molecule has 4 heteroatoms. The van der Waals surface area contributed by atoms with Gasteiger partial charge in [0.1, 0.15) is 0 Å². The Hall–Kier alpha value is -1.39. The highest BCUT2D eigenvalue weighted by Gasteiger charge is 2.30. The SMILES string of the molecule is CC(N)CC(=O)N1CCN(C)CC1c1ccccc1. The summed E-state index contributed by atoms with van der Waals surface area (Å²) in [5.41, 5.74) is 6.95. The maximum atomic E-state index is 12.3. The van der Waals surface area contributed by atoms with Gasteiger partial charge < -0.3 is 15.5 Å². The molecule has 1 aliphatic heterocycles. The number of rotatable bonds is 3. The van der Waals surface area contributed by atoms with Crippen LogP contribution in [0.15, 0.2) is 30.3 Å². The van der Waals surface area contributed by atoms with E-state index >= 15 is 0 Å². The van der Waals surface area contributed by atoms with Crippen LogP contribution >= 0.6 is 0 Å². The first-order chi connectivity index (χ1) is 9.08. The molecule has 0 aromatic heterocycles. The molecule has 4 nitrogen and oxygen atoms in total. The highest BCUT2D eigenvalue weighted by Crippen LogP contribution is 2.25. The molecule has 0 spiro atoms. The Morgan fingerprint density at radius 3 is 2.68 bits per heavy atom. The topological polar surface area (TPSA) is 49.6 Å². The third kappa shape index (κ3) is 3.55. The molecule has 0 bridgehead atoms. The average molecular weight is 261 g/mol. The van der Waals surface area contributed by atoms with Gasteiger partial charge >= 0.3 is 0 Å². The zero-order valence-electron chi connectivity index (χ0n) is 11.7. The van der Waals surface area contributed by atoms with Crippen LogP contribution in [0.2, 0.25) is 0 Å². The van der Waals surface area contributed by atoms with Crippen molar-refractivity contribution in [1.82, 2.24) is 9.80 Å². The number of nitrogens with two attached hydrogens (primary N) is 1. The molecular formula is C15H23N3O. The van der Waals surface area contributed by atoms with Crippen molar-refractivity contribution in [2.45, 2.75) is 25.4 Å². The predicted molar refractivity (Wildman–Crippen MR) is 76.7 cm³/mol. The maximum absolute atomic E-state index is 12.3. The fourth-order valence-electron chi connectivity index (χ4n) is 2.57. The summed E-state index contributed by atoms with van der Waals surface area (Å²) in [4.78, 5) is 16.6. The summed E-state index contributed by atoms with van der Waals surface area (Å²) >= 11 is 0. The van der Waals surface area contributed by atoms with E-state index in [1.807, 2.05) is 30.0 Å². The van der Waals surface area contributed by atoms with Gasteiger partial charge in [0.05, 0.1) is 6.04 Å². The Kier molecular flexibility index (Phi) is 4.56. The minimum absolute atomic E-state index is 0.0800. The number of nitrogens with zero attached hydrogens (tertiary/aromatic N) is 2. The molecule has 104 valence electrons. The van der Waals surface area contributed by atoms with Gasteiger partial charge in [-0.2, -0.15) is 0 Å². The average Bonchev–Trinajstić information content (AvgIpc) is 2.38. The third-order valence-electron chi connectivity index (χ3n) is 3.58. The molecule has 1 aliphatic rings. The van der Waals surface area contributed by atoms with Crippen molar-refractivity contribution in [1.29, 1.82) is 0 Å². The number of likely N-dealkylation sites (N-methyl/N-ethyl adjacent to an activating group) is 1. The van der Waals surface area contributed by atoms with E-state index in [4.69, 9.17) is 5.73 Å². The molecular weight excluding hydrogens is 238 g/mol. The number of hydrogen-bond acceptors (Lipinski definition) is 3. The number of benzene rings is 1. The molecule has 0 radical (unpaired) electrons. The van der Waals surface area contributed by atoms with Crippen LogP contribution in [-0.4, -0.2) is 48.4 Å². The van der Waals surface area contributed by atoms with Crippen LogP contribution in [0.5, 0.6) is 0 Å². The zero-order chi connectivity index (χ0) is 13.8. The van der Waals surface area contributed by atoms with Crippen LogP contribution in [0.4, 0.5) is 0 Å². The molecule has 0 aliphatic carbocycles. The molecule has 0 saturated carbocycles. The minimum atomic E-state index is -0.0800. The summed E-state index contributed by atoms with van der Waals surface area (Å²) in [6, 6.07) is 10.3. The second-order valence-electron chi connectivity index (χ2n) is 5.46. The van der Waals surface area contributed by atoms with E-state index in [-0.39, 0.29) is 18.0 Å². The first kappa shape index (κ1) is 14.0. The molecule has 1 aromatic rings. The monoisotopic (exact) mass is 261 g/mol. The summed E-state index contributed by atoms with van der Waals surface area (Å²) < 4.78 is 0. The van der Waals surface area contributed by atoms with Crippen molar-refractivity contribution in [3.05, 3.63) is 35.9 Å². The molecule has 2 N–H and O–H groups in total. The van der Waals surface area contributed by atoms with E-state index in [0.717, 1.165) is 19.6 Å². The van der Waals surface area contributed by atoms with Crippen LogP contribution in [0, 0.1) is 0 Å². The van der Waals surface area contributed by atoms with Crippen molar-refractivity contribution in [2.24, 2.45) is 5.73 Å². The van der Waals surface area contributed by atoms with Crippen LogP contribution in [0.25, 0.3) is 0 Å². The molecule has 2 unspecified atom stereocenters.